The van der Waals surface area contributed by atoms with Crippen LogP contribution in [0.5, 0.6) is 0 Å². The van der Waals surface area contributed by atoms with Crippen LogP contribution in [0.2, 0.25) is 0 Å². The maximum Gasteiger partial charge on any atom is 0.338 e. The summed E-state index contributed by atoms with van der Waals surface area (Å²) in [4.78, 5) is 24.5. The van der Waals surface area contributed by atoms with Crippen LogP contribution >= 0.6 is 11.8 Å². The summed E-state index contributed by atoms with van der Waals surface area (Å²) in [6.45, 7) is 3.61. The predicted molar refractivity (Wildman–Crippen MR) is 104 cm³/mol. The fourth-order valence-electron chi connectivity index (χ4n) is 2.79. The highest BCUT2D eigenvalue weighted by molar-refractivity contribution is 8.00. The number of alkyl halides is 1. The van der Waals surface area contributed by atoms with Crippen LogP contribution in [-0.4, -0.2) is 46.6 Å². The second kappa shape index (κ2) is 8.75. The Labute approximate surface area is 166 Å². The Morgan fingerprint density at radius 3 is 2.00 bits per heavy atom. The third-order valence-corrected chi connectivity index (χ3v) is 5.76. The van der Waals surface area contributed by atoms with E-state index >= 15 is 0 Å². The fraction of sp³-hybridized carbons (Fsp3) is 0.333. The molecular formula is C21H21FO5S. The van der Waals surface area contributed by atoms with Crippen LogP contribution in [0.25, 0.3) is 0 Å². The Bertz CT molecular complexity index is 837. The van der Waals surface area contributed by atoms with Gasteiger partial charge in [-0.3, -0.25) is 0 Å². The summed E-state index contributed by atoms with van der Waals surface area (Å²) < 4.78 is 24.9. The standard InChI is InChI=1S/C21H21FO5S/c1-12-3-7-14(8-4-12)19(23)26-11-16-18(17(22)21(25)28-16)27-20(24)15-9-5-13(2)6-10-15/h3-10,16-18,21,25H,11H2,1-2H3/t16-,17-,18-,21?/m1/s1. The van der Waals surface area contributed by atoms with Gasteiger partial charge in [-0.15, -0.1) is 11.8 Å². The van der Waals surface area contributed by atoms with E-state index in [4.69, 9.17) is 9.47 Å². The van der Waals surface area contributed by atoms with Crippen molar-refractivity contribution in [3.05, 3.63) is 70.8 Å². The van der Waals surface area contributed by atoms with E-state index in [1.165, 1.54) is 0 Å². The number of ether oxygens (including phenoxy) is 2. The molecule has 1 aliphatic heterocycles. The maximum absolute atomic E-state index is 14.4. The van der Waals surface area contributed by atoms with Gasteiger partial charge in [-0.1, -0.05) is 35.4 Å². The van der Waals surface area contributed by atoms with Gasteiger partial charge in [0, 0.05) is 0 Å². The SMILES string of the molecule is Cc1ccc(C(=O)OC[C@H]2SC(O)[C@H](F)[C@@H]2OC(=O)c2ccc(C)cc2)cc1. The highest BCUT2D eigenvalue weighted by atomic mass is 32.2. The molecule has 2 aromatic rings. The maximum atomic E-state index is 14.4. The number of hydrogen-bond acceptors (Lipinski definition) is 6. The topological polar surface area (TPSA) is 72.8 Å². The number of thioether (sulfide) groups is 1. The number of rotatable bonds is 5. The summed E-state index contributed by atoms with van der Waals surface area (Å²) in [5.74, 6) is -1.24. The molecule has 1 saturated heterocycles. The van der Waals surface area contributed by atoms with Gasteiger partial charge >= 0.3 is 11.9 Å². The molecule has 4 atom stereocenters. The molecule has 3 rings (SSSR count). The van der Waals surface area contributed by atoms with Gasteiger partial charge in [-0.25, -0.2) is 14.0 Å². The van der Waals surface area contributed by atoms with Crippen LogP contribution in [0.3, 0.4) is 0 Å². The van der Waals surface area contributed by atoms with Gasteiger partial charge in [0.2, 0.25) is 0 Å². The molecule has 0 spiro atoms. The van der Waals surface area contributed by atoms with Gasteiger partial charge in [0.1, 0.15) is 12.0 Å². The number of benzene rings is 2. The van der Waals surface area contributed by atoms with Gasteiger partial charge in [0.15, 0.2) is 12.3 Å². The summed E-state index contributed by atoms with van der Waals surface area (Å²) in [7, 11) is 0. The van der Waals surface area contributed by atoms with Crippen molar-refractivity contribution in [1.29, 1.82) is 0 Å². The number of carbonyl (C=O) groups is 2. The first-order valence-corrected chi connectivity index (χ1v) is 9.78. The Kier molecular flexibility index (Phi) is 6.36. The highest BCUT2D eigenvalue weighted by Gasteiger charge is 2.47. The normalized spacial score (nSPS) is 24.0. The van der Waals surface area contributed by atoms with E-state index in [-0.39, 0.29) is 6.61 Å². The minimum atomic E-state index is -1.76. The van der Waals surface area contributed by atoms with Crippen molar-refractivity contribution in [3.63, 3.8) is 0 Å². The van der Waals surface area contributed by atoms with Gasteiger partial charge < -0.3 is 14.6 Å². The summed E-state index contributed by atoms with van der Waals surface area (Å²) in [5, 5.41) is 9.13. The van der Waals surface area contributed by atoms with E-state index in [9.17, 15) is 19.1 Å². The molecule has 0 amide bonds. The molecular weight excluding hydrogens is 383 g/mol. The number of aliphatic hydroxyl groups excluding tert-OH is 1. The highest BCUT2D eigenvalue weighted by Crippen LogP contribution is 2.37. The molecule has 148 valence electrons. The van der Waals surface area contributed by atoms with Gasteiger partial charge in [0.25, 0.3) is 0 Å². The summed E-state index contributed by atoms with van der Waals surface area (Å²) in [6.07, 6.45) is -2.97. The fourth-order valence-corrected chi connectivity index (χ4v) is 3.96. The molecule has 1 aliphatic rings. The first kappa shape index (κ1) is 20.4. The zero-order chi connectivity index (χ0) is 20.3. The van der Waals surface area contributed by atoms with Crippen molar-refractivity contribution in [2.24, 2.45) is 0 Å². The Balaban J connectivity index is 1.63. The molecule has 5 nitrogen and oxygen atoms in total. The van der Waals surface area contributed by atoms with Gasteiger partial charge in [-0.2, -0.15) is 0 Å². The Hall–Kier alpha value is -2.38. The van der Waals surface area contributed by atoms with Crippen LogP contribution in [0.4, 0.5) is 4.39 Å². The minimum Gasteiger partial charge on any atom is -0.461 e. The summed E-state index contributed by atoms with van der Waals surface area (Å²) in [5.41, 5.74) is 1.31. The number of halogens is 1. The van der Waals surface area contributed by atoms with Crippen molar-refractivity contribution < 1.29 is 28.6 Å². The Morgan fingerprint density at radius 1 is 0.964 bits per heavy atom. The summed E-state index contributed by atoms with van der Waals surface area (Å²) in [6, 6.07) is 13.5. The van der Waals surface area contributed by atoms with Crippen LogP contribution in [-0.2, 0) is 9.47 Å². The van der Waals surface area contributed by atoms with Crippen molar-refractivity contribution in [2.75, 3.05) is 6.61 Å². The predicted octanol–water partition coefficient (Wildman–Crippen LogP) is 3.46. The smallest absolute Gasteiger partial charge is 0.338 e. The van der Waals surface area contributed by atoms with Crippen molar-refractivity contribution in [3.8, 4) is 0 Å². The lowest BCUT2D eigenvalue weighted by Crippen LogP contribution is -2.36. The molecule has 1 unspecified atom stereocenters. The quantitative estimate of drug-likeness (QED) is 0.770. The first-order valence-electron chi connectivity index (χ1n) is 8.84. The molecule has 0 aromatic heterocycles. The molecule has 2 aromatic carbocycles. The van der Waals surface area contributed by atoms with Crippen molar-refractivity contribution in [2.45, 2.75) is 36.8 Å². The molecule has 0 saturated carbocycles. The molecule has 28 heavy (non-hydrogen) atoms. The minimum absolute atomic E-state index is 0.180. The third kappa shape index (κ3) is 4.72. The monoisotopic (exact) mass is 404 g/mol. The molecule has 0 aliphatic carbocycles. The zero-order valence-electron chi connectivity index (χ0n) is 15.5. The van der Waals surface area contributed by atoms with Crippen LogP contribution in [0.1, 0.15) is 31.8 Å². The second-order valence-corrected chi connectivity index (χ2v) is 8.07. The Morgan fingerprint density at radius 2 is 1.46 bits per heavy atom. The number of aliphatic hydroxyl groups is 1. The van der Waals surface area contributed by atoms with E-state index in [2.05, 4.69) is 0 Å². The lowest BCUT2D eigenvalue weighted by Gasteiger charge is -2.20. The van der Waals surface area contributed by atoms with E-state index in [0.29, 0.717) is 11.1 Å². The first-order chi connectivity index (χ1) is 13.3. The van der Waals surface area contributed by atoms with Crippen LogP contribution in [0, 0.1) is 13.8 Å². The second-order valence-electron chi connectivity index (χ2n) is 6.71. The number of hydrogen-bond donors (Lipinski definition) is 1. The molecule has 1 fully saturated rings. The van der Waals surface area contributed by atoms with E-state index < -0.39 is 34.9 Å². The van der Waals surface area contributed by atoms with Crippen LogP contribution in [0.15, 0.2) is 48.5 Å². The van der Waals surface area contributed by atoms with Crippen LogP contribution < -0.4 is 0 Å². The molecule has 0 bridgehead atoms. The van der Waals surface area contributed by atoms with Gasteiger partial charge in [0.05, 0.1) is 16.4 Å². The number of aryl methyl sites for hydroxylation is 2. The lowest BCUT2D eigenvalue weighted by atomic mass is 10.1. The molecule has 7 heteroatoms. The number of esters is 2. The average Bonchev–Trinajstić information content (AvgIpc) is 2.95. The van der Waals surface area contributed by atoms with Crippen molar-refractivity contribution >= 4 is 23.7 Å². The molecule has 0 radical (unpaired) electrons. The zero-order valence-corrected chi connectivity index (χ0v) is 16.3. The lowest BCUT2D eigenvalue weighted by molar-refractivity contribution is -0.0112. The summed E-state index contributed by atoms with van der Waals surface area (Å²) >= 11 is 0.887. The third-order valence-electron chi connectivity index (χ3n) is 4.46. The average molecular weight is 404 g/mol. The molecule has 1 N–H and O–H groups in total. The number of carbonyl (C=O) groups excluding carboxylic acids is 2. The van der Waals surface area contributed by atoms with E-state index in [1.54, 1.807) is 48.5 Å². The largest absolute Gasteiger partial charge is 0.461 e. The van der Waals surface area contributed by atoms with Gasteiger partial charge in [-0.05, 0) is 38.1 Å². The molecule has 1 heterocycles. The van der Waals surface area contributed by atoms with Crippen molar-refractivity contribution in [1.82, 2.24) is 0 Å². The van der Waals surface area contributed by atoms with E-state index in [1.807, 2.05) is 13.8 Å². The van der Waals surface area contributed by atoms with E-state index in [0.717, 1.165) is 22.9 Å².